The van der Waals surface area contributed by atoms with Crippen molar-refractivity contribution in [1.82, 2.24) is 5.32 Å². The van der Waals surface area contributed by atoms with E-state index >= 15 is 0 Å². The Balaban J connectivity index is 2.40. The van der Waals surface area contributed by atoms with Gasteiger partial charge >= 0.3 is 0 Å². The smallest absolute Gasteiger partial charge is 0.161 e. The number of thiophene rings is 1. The lowest BCUT2D eigenvalue weighted by Crippen LogP contribution is -2.24. The number of hydrogen-bond donors (Lipinski definition) is 1. The standard InChI is InChI=1S/C14H14F3NS/c1-2-4-18-14(9-3-5-19-8-9)10-6-12(16)13(17)7-11(10)15/h3,5-8,14,18H,2,4H2,1H3. The topological polar surface area (TPSA) is 12.0 Å². The van der Waals surface area contributed by atoms with E-state index in [0.29, 0.717) is 12.6 Å². The van der Waals surface area contributed by atoms with E-state index in [-0.39, 0.29) is 5.56 Å². The van der Waals surface area contributed by atoms with Gasteiger partial charge in [-0.1, -0.05) is 6.92 Å². The molecule has 102 valence electrons. The summed E-state index contributed by atoms with van der Waals surface area (Å²) in [6, 6.07) is 2.91. The summed E-state index contributed by atoms with van der Waals surface area (Å²) in [6.45, 7) is 2.65. The van der Waals surface area contributed by atoms with Gasteiger partial charge in [0.05, 0.1) is 6.04 Å². The van der Waals surface area contributed by atoms with Gasteiger partial charge in [0.1, 0.15) is 5.82 Å². The minimum atomic E-state index is -1.17. The number of benzene rings is 1. The van der Waals surface area contributed by atoms with Crippen LogP contribution in [0.15, 0.2) is 29.0 Å². The van der Waals surface area contributed by atoms with Crippen LogP contribution in [-0.4, -0.2) is 6.54 Å². The van der Waals surface area contributed by atoms with Gasteiger partial charge in [0.15, 0.2) is 11.6 Å². The van der Waals surface area contributed by atoms with Crippen LogP contribution in [0, 0.1) is 17.5 Å². The second kappa shape index (κ2) is 6.21. The molecule has 0 aliphatic carbocycles. The molecule has 1 heterocycles. The third kappa shape index (κ3) is 3.16. The summed E-state index contributed by atoms with van der Waals surface area (Å²) in [4.78, 5) is 0. The molecule has 0 amide bonds. The van der Waals surface area contributed by atoms with Gasteiger partial charge in [-0.3, -0.25) is 0 Å². The van der Waals surface area contributed by atoms with E-state index in [2.05, 4.69) is 5.32 Å². The first-order chi connectivity index (χ1) is 9.13. The van der Waals surface area contributed by atoms with Crippen LogP contribution >= 0.6 is 11.3 Å². The summed E-state index contributed by atoms with van der Waals surface area (Å²) in [7, 11) is 0. The fourth-order valence-electron chi connectivity index (χ4n) is 1.89. The Morgan fingerprint density at radius 2 is 1.89 bits per heavy atom. The summed E-state index contributed by atoms with van der Waals surface area (Å²) in [5.41, 5.74) is 0.981. The molecule has 1 unspecified atom stereocenters. The highest BCUT2D eigenvalue weighted by Crippen LogP contribution is 2.27. The Bertz CT molecular complexity index is 540. The lowest BCUT2D eigenvalue weighted by molar-refractivity contribution is 0.479. The molecular formula is C14H14F3NS. The summed E-state index contributed by atoms with van der Waals surface area (Å²) >= 11 is 1.48. The van der Waals surface area contributed by atoms with Crippen molar-refractivity contribution >= 4 is 11.3 Å². The molecule has 1 aromatic heterocycles. The Morgan fingerprint density at radius 3 is 2.53 bits per heavy atom. The maximum absolute atomic E-state index is 13.9. The second-order valence-corrected chi connectivity index (χ2v) is 5.01. The molecule has 0 aliphatic rings. The van der Waals surface area contributed by atoms with Crippen molar-refractivity contribution < 1.29 is 13.2 Å². The second-order valence-electron chi connectivity index (χ2n) is 4.23. The van der Waals surface area contributed by atoms with Gasteiger partial charge in [-0.15, -0.1) is 0 Å². The number of rotatable bonds is 5. The number of hydrogen-bond acceptors (Lipinski definition) is 2. The van der Waals surface area contributed by atoms with E-state index in [0.717, 1.165) is 18.1 Å². The SMILES string of the molecule is CCCNC(c1ccsc1)c1cc(F)c(F)cc1F. The van der Waals surface area contributed by atoms with Crippen LogP contribution in [0.4, 0.5) is 13.2 Å². The third-order valence-corrected chi connectivity index (χ3v) is 3.53. The van der Waals surface area contributed by atoms with E-state index < -0.39 is 23.5 Å². The van der Waals surface area contributed by atoms with Gasteiger partial charge in [0.2, 0.25) is 0 Å². The average Bonchev–Trinajstić information content (AvgIpc) is 2.89. The van der Waals surface area contributed by atoms with Crippen molar-refractivity contribution in [2.24, 2.45) is 0 Å². The van der Waals surface area contributed by atoms with E-state index in [1.54, 1.807) is 0 Å². The van der Waals surface area contributed by atoms with E-state index in [4.69, 9.17) is 0 Å². The molecule has 2 rings (SSSR count). The zero-order valence-electron chi connectivity index (χ0n) is 10.4. The molecule has 0 saturated heterocycles. The Hall–Kier alpha value is -1.33. The highest BCUT2D eigenvalue weighted by molar-refractivity contribution is 7.08. The molecule has 1 N–H and O–H groups in total. The minimum absolute atomic E-state index is 0.130. The fourth-order valence-corrected chi connectivity index (χ4v) is 2.58. The molecule has 0 fully saturated rings. The van der Waals surface area contributed by atoms with Gasteiger partial charge in [0.25, 0.3) is 0 Å². The van der Waals surface area contributed by atoms with Crippen LogP contribution in [-0.2, 0) is 0 Å². The molecule has 0 aliphatic heterocycles. The molecule has 0 radical (unpaired) electrons. The molecule has 0 bridgehead atoms. The van der Waals surface area contributed by atoms with Gasteiger partial charge < -0.3 is 5.32 Å². The van der Waals surface area contributed by atoms with Crippen LogP contribution in [0.3, 0.4) is 0 Å². The van der Waals surface area contributed by atoms with Crippen LogP contribution in [0.25, 0.3) is 0 Å². The first-order valence-corrected chi connectivity index (χ1v) is 6.97. The van der Waals surface area contributed by atoms with Gasteiger partial charge in [-0.25, -0.2) is 13.2 Å². The molecular weight excluding hydrogens is 271 g/mol. The maximum atomic E-state index is 13.9. The molecule has 2 aromatic rings. The van der Waals surface area contributed by atoms with Crippen LogP contribution in [0.2, 0.25) is 0 Å². The molecule has 19 heavy (non-hydrogen) atoms. The predicted molar refractivity (Wildman–Crippen MR) is 70.8 cm³/mol. The first-order valence-electron chi connectivity index (χ1n) is 6.03. The molecule has 0 saturated carbocycles. The number of nitrogens with one attached hydrogen (secondary N) is 1. The van der Waals surface area contributed by atoms with Gasteiger partial charge in [0, 0.05) is 11.6 Å². The zero-order valence-corrected chi connectivity index (χ0v) is 11.2. The lowest BCUT2D eigenvalue weighted by Gasteiger charge is -2.19. The van der Waals surface area contributed by atoms with Crippen LogP contribution in [0.1, 0.15) is 30.5 Å². The summed E-state index contributed by atoms with van der Waals surface area (Å²) in [5, 5.41) is 6.89. The summed E-state index contributed by atoms with van der Waals surface area (Å²) in [5.74, 6) is -2.94. The molecule has 0 spiro atoms. The average molecular weight is 285 g/mol. The summed E-state index contributed by atoms with van der Waals surface area (Å²) in [6.07, 6.45) is 0.867. The monoisotopic (exact) mass is 285 g/mol. The molecule has 1 nitrogen and oxygen atoms in total. The maximum Gasteiger partial charge on any atom is 0.161 e. The largest absolute Gasteiger partial charge is 0.306 e. The van der Waals surface area contributed by atoms with Crippen LogP contribution < -0.4 is 5.32 Å². The highest BCUT2D eigenvalue weighted by Gasteiger charge is 2.20. The predicted octanol–water partition coefficient (Wildman–Crippen LogP) is 4.25. The number of halogens is 3. The van der Waals surface area contributed by atoms with Crippen molar-refractivity contribution in [3.8, 4) is 0 Å². The Labute approximate surface area is 114 Å². The zero-order chi connectivity index (χ0) is 13.8. The van der Waals surface area contributed by atoms with Crippen LogP contribution in [0.5, 0.6) is 0 Å². The Kier molecular flexibility index (Phi) is 4.61. The van der Waals surface area contributed by atoms with Crippen molar-refractivity contribution in [2.45, 2.75) is 19.4 Å². The molecule has 1 atom stereocenters. The van der Waals surface area contributed by atoms with Gasteiger partial charge in [-0.05, 0) is 41.4 Å². The fraction of sp³-hybridized carbons (Fsp3) is 0.286. The Morgan fingerprint density at radius 1 is 1.16 bits per heavy atom. The van der Waals surface area contributed by atoms with E-state index in [9.17, 15) is 13.2 Å². The minimum Gasteiger partial charge on any atom is -0.306 e. The molecule has 5 heteroatoms. The lowest BCUT2D eigenvalue weighted by atomic mass is 10.00. The van der Waals surface area contributed by atoms with Gasteiger partial charge in [-0.2, -0.15) is 11.3 Å². The molecule has 1 aromatic carbocycles. The quantitative estimate of drug-likeness (QED) is 0.810. The van der Waals surface area contributed by atoms with E-state index in [1.165, 1.54) is 11.3 Å². The summed E-state index contributed by atoms with van der Waals surface area (Å²) < 4.78 is 40.2. The van der Waals surface area contributed by atoms with E-state index in [1.807, 2.05) is 23.8 Å². The first kappa shape index (κ1) is 14.1. The van der Waals surface area contributed by atoms with Crippen molar-refractivity contribution in [2.75, 3.05) is 6.54 Å². The van der Waals surface area contributed by atoms with Crippen molar-refractivity contribution in [3.05, 3.63) is 57.5 Å². The normalized spacial score (nSPS) is 12.6. The highest BCUT2D eigenvalue weighted by atomic mass is 32.1. The third-order valence-electron chi connectivity index (χ3n) is 2.83. The van der Waals surface area contributed by atoms with Crippen molar-refractivity contribution in [3.63, 3.8) is 0 Å². The van der Waals surface area contributed by atoms with Crippen molar-refractivity contribution in [1.29, 1.82) is 0 Å².